The second kappa shape index (κ2) is 6.90. The van der Waals surface area contributed by atoms with Crippen molar-refractivity contribution in [3.8, 4) is 11.6 Å². The number of hydrogen-bond acceptors (Lipinski definition) is 5. The topological polar surface area (TPSA) is 74.5 Å². The molecule has 0 fully saturated rings. The van der Waals surface area contributed by atoms with E-state index in [1.165, 1.54) is 25.3 Å². The quantitative estimate of drug-likeness (QED) is 0.465. The fraction of sp³-hybridized carbons (Fsp3) is 0.214. The molecule has 0 bridgehead atoms. The molecule has 0 aliphatic rings. The summed E-state index contributed by atoms with van der Waals surface area (Å²) < 4.78 is 10.7. The predicted molar refractivity (Wildman–Crippen MR) is 77.8 cm³/mol. The standard InChI is InChI=1S/C14H13ClN2O4/c1-20-14-4-2-3-11(16-14)9-21-13-6-5-12(17(18)19)7-10(13)8-15/h2-7H,8-9H2,1H3. The predicted octanol–water partition coefficient (Wildman–Crippen LogP) is 3.32. The molecule has 0 radical (unpaired) electrons. The molecule has 0 saturated carbocycles. The molecule has 0 aliphatic carbocycles. The van der Waals surface area contributed by atoms with Crippen LogP contribution in [0.2, 0.25) is 0 Å². The molecule has 1 heterocycles. The van der Waals surface area contributed by atoms with Gasteiger partial charge in [-0.3, -0.25) is 10.1 Å². The van der Waals surface area contributed by atoms with Crippen molar-refractivity contribution in [2.24, 2.45) is 0 Å². The molecule has 2 aromatic rings. The van der Waals surface area contributed by atoms with Gasteiger partial charge < -0.3 is 9.47 Å². The molecule has 0 aliphatic heterocycles. The highest BCUT2D eigenvalue weighted by molar-refractivity contribution is 6.17. The third-order valence-electron chi connectivity index (χ3n) is 2.76. The molecule has 0 atom stereocenters. The van der Waals surface area contributed by atoms with Crippen LogP contribution < -0.4 is 9.47 Å². The molecule has 6 nitrogen and oxygen atoms in total. The smallest absolute Gasteiger partial charge is 0.270 e. The first-order valence-corrected chi connectivity index (χ1v) is 6.63. The third kappa shape index (κ3) is 3.82. The maximum atomic E-state index is 10.7. The number of non-ortho nitro benzene ring substituents is 1. The SMILES string of the molecule is COc1cccc(COc2ccc([N+](=O)[O-])cc2CCl)n1. The van der Waals surface area contributed by atoms with Crippen LogP contribution in [0.15, 0.2) is 36.4 Å². The summed E-state index contributed by atoms with van der Waals surface area (Å²) in [7, 11) is 1.54. The Morgan fingerprint density at radius 3 is 2.81 bits per heavy atom. The summed E-state index contributed by atoms with van der Waals surface area (Å²) in [6, 6.07) is 9.67. The first-order chi connectivity index (χ1) is 10.1. The zero-order valence-corrected chi connectivity index (χ0v) is 12.0. The van der Waals surface area contributed by atoms with Gasteiger partial charge in [-0.25, -0.2) is 4.98 Å². The van der Waals surface area contributed by atoms with Crippen LogP contribution in [-0.4, -0.2) is 17.0 Å². The average Bonchev–Trinajstić information content (AvgIpc) is 2.52. The molecule has 1 aromatic heterocycles. The van der Waals surface area contributed by atoms with Gasteiger partial charge in [0, 0.05) is 23.8 Å². The van der Waals surface area contributed by atoms with E-state index in [4.69, 9.17) is 21.1 Å². The number of rotatable bonds is 6. The van der Waals surface area contributed by atoms with Crippen LogP contribution in [0.25, 0.3) is 0 Å². The molecule has 1 aromatic carbocycles. The van der Waals surface area contributed by atoms with Crippen molar-refractivity contribution in [1.29, 1.82) is 0 Å². The normalized spacial score (nSPS) is 10.2. The van der Waals surface area contributed by atoms with E-state index in [9.17, 15) is 10.1 Å². The van der Waals surface area contributed by atoms with E-state index in [1.807, 2.05) is 6.07 Å². The van der Waals surface area contributed by atoms with Crippen molar-refractivity contribution in [2.45, 2.75) is 12.5 Å². The van der Waals surface area contributed by atoms with Gasteiger partial charge >= 0.3 is 0 Å². The minimum Gasteiger partial charge on any atom is -0.487 e. The van der Waals surface area contributed by atoms with Crippen LogP contribution in [0.1, 0.15) is 11.3 Å². The second-order valence-electron chi connectivity index (χ2n) is 4.14. The summed E-state index contributed by atoms with van der Waals surface area (Å²) in [5, 5.41) is 10.7. The number of pyridine rings is 1. The number of nitro groups is 1. The maximum absolute atomic E-state index is 10.7. The molecule has 7 heteroatoms. The van der Waals surface area contributed by atoms with E-state index in [2.05, 4.69) is 4.98 Å². The van der Waals surface area contributed by atoms with Crippen molar-refractivity contribution in [1.82, 2.24) is 4.98 Å². The van der Waals surface area contributed by atoms with Crippen LogP contribution in [0, 0.1) is 10.1 Å². The zero-order valence-electron chi connectivity index (χ0n) is 11.3. The highest BCUT2D eigenvalue weighted by Crippen LogP contribution is 2.26. The molecule has 110 valence electrons. The van der Waals surface area contributed by atoms with E-state index >= 15 is 0 Å². The highest BCUT2D eigenvalue weighted by atomic mass is 35.5. The first-order valence-electron chi connectivity index (χ1n) is 6.10. The summed E-state index contributed by atoms with van der Waals surface area (Å²) >= 11 is 5.80. The van der Waals surface area contributed by atoms with Crippen molar-refractivity contribution < 1.29 is 14.4 Å². The summed E-state index contributed by atoms with van der Waals surface area (Å²) in [6.45, 7) is 0.221. The minimum atomic E-state index is -0.469. The van der Waals surface area contributed by atoms with Gasteiger partial charge in [0.05, 0.1) is 23.6 Å². The number of halogens is 1. The third-order valence-corrected chi connectivity index (χ3v) is 3.05. The molecule has 2 rings (SSSR count). The van der Waals surface area contributed by atoms with Crippen LogP contribution in [0.5, 0.6) is 11.6 Å². The van der Waals surface area contributed by atoms with Gasteiger partial charge in [0.15, 0.2) is 0 Å². The summed E-state index contributed by atoms with van der Waals surface area (Å²) in [4.78, 5) is 14.5. The van der Waals surface area contributed by atoms with Gasteiger partial charge in [-0.15, -0.1) is 11.6 Å². The summed E-state index contributed by atoms with van der Waals surface area (Å²) in [5.74, 6) is 1.13. The van der Waals surface area contributed by atoms with Gasteiger partial charge in [0.2, 0.25) is 5.88 Å². The number of hydrogen-bond donors (Lipinski definition) is 0. The molecule has 0 N–H and O–H groups in total. The Bertz CT molecular complexity index is 649. The number of ether oxygens (including phenoxy) is 2. The van der Waals surface area contributed by atoms with Crippen LogP contribution in [0.4, 0.5) is 5.69 Å². The maximum Gasteiger partial charge on any atom is 0.270 e. The summed E-state index contributed by atoms with van der Waals surface area (Å²) in [5.41, 5.74) is 1.24. The molecular formula is C14H13ClN2O4. The molecule has 21 heavy (non-hydrogen) atoms. The largest absolute Gasteiger partial charge is 0.487 e. The number of methoxy groups -OCH3 is 1. The zero-order chi connectivity index (χ0) is 15.2. The fourth-order valence-corrected chi connectivity index (χ4v) is 1.94. The number of nitrogens with zero attached hydrogens (tertiary/aromatic N) is 2. The van der Waals surface area contributed by atoms with Gasteiger partial charge in [0.25, 0.3) is 5.69 Å². The van der Waals surface area contributed by atoms with E-state index in [-0.39, 0.29) is 18.2 Å². The lowest BCUT2D eigenvalue weighted by Gasteiger charge is -2.10. The lowest BCUT2D eigenvalue weighted by Crippen LogP contribution is -2.01. The number of nitro benzene ring substituents is 1. The van der Waals surface area contributed by atoms with Crippen molar-refractivity contribution in [3.05, 3.63) is 57.8 Å². The molecule has 0 saturated heterocycles. The van der Waals surface area contributed by atoms with Crippen molar-refractivity contribution >= 4 is 17.3 Å². The molecular weight excluding hydrogens is 296 g/mol. The van der Waals surface area contributed by atoms with Crippen LogP contribution >= 0.6 is 11.6 Å². The van der Waals surface area contributed by atoms with E-state index < -0.39 is 4.92 Å². The fourth-order valence-electron chi connectivity index (χ4n) is 1.73. The number of alkyl halides is 1. The monoisotopic (exact) mass is 308 g/mol. The van der Waals surface area contributed by atoms with E-state index in [1.54, 1.807) is 12.1 Å². The molecule has 0 unspecified atom stereocenters. The van der Waals surface area contributed by atoms with Crippen LogP contribution in [-0.2, 0) is 12.5 Å². The van der Waals surface area contributed by atoms with E-state index in [0.29, 0.717) is 22.9 Å². The number of aromatic nitrogens is 1. The van der Waals surface area contributed by atoms with Gasteiger partial charge in [-0.05, 0) is 12.1 Å². The Balaban J connectivity index is 2.13. The molecule has 0 spiro atoms. The van der Waals surface area contributed by atoms with Crippen LogP contribution in [0.3, 0.4) is 0 Å². The second-order valence-corrected chi connectivity index (χ2v) is 4.41. The Labute approximate surface area is 126 Å². The summed E-state index contributed by atoms with van der Waals surface area (Å²) in [6.07, 6.45) is 0. The lowest BCUT2D eigenvalue weighted by molar-refractivity contribution is -0.384. The Morgan fingerprint density at radius 2 is 2.14 bits per heavy atom. The van der Waals surface area contributed by atoms with Gasteiger partial charge in [-0.2, -0.15) is 0 Å². The van der Waals surface area contributed by atoms with E-state index in [0.717, 1.165) is 0 Å². The lowest BCUT2D eigenvalue weighted by atomic mass is 10.2. The van der Waals surface area contributed by atoms with Crippen molar-refractivity contribution in [2.75, 3.05) is 7.11 Å². The average molecular weight is 309 g/mol. The Kier molecular flexibility index (Phi) is 4.94. The van der Waals surface area contributed by atoms with Gasteiger partial charge in [-0.1, -0.05) is 6.07 Å². The van der Waals surface area contributed by atoms with Gasteiger partial charge in [0.1, 0.15) is 12.4 Å². The highest BCUT2D eigenvalue weighted by Gasteiger charge is 2.11. The minimum absolute atomic E-state index is 0.0162. The Morgan fingerprint density at radius 1 is 1.33 bits per heavy atom. The Hall–Kier alpha value is -2.34. The molecule has 0 amide bonds. The van der Waals surface area contributed by atoms with Crippen molar-refractivity contribution in [3.63, 3.8) is 0 Å². The number of benzene rings is 1. The first kappa shape index (κ1) is 15.1.